The molecule has 0 spiro atoms. The molecule has 0 aromatic carbocycles. The van der Waals surface area contributed by atoms with E-state index >= 15 is 0 Å². The van der Waals surface area contributed by atoms with Gasteiger partial charge in [0.15, 0.2) is 0 Å². The summed E-state index contributed by atoms with van der Waals surface area (Å²) < 4.78 is 1.77. The Hall–Kier alpha value is -1.85. The summed E-state index contributed by atoms with van der Waals surface area (Å²) in [5.74, 6) is -0.233. The molecule has 2 amide bonds. The second-order valence-electron chi connectivity index (χ2n) is 4.84. The molecule has 6 nitrogen and oxygen atoms in total. The second kappa shape index (κ2) is 5.42. The number of anilines is 1. The fourth-order valence-electron chi connectivity index (χ4n) is 2.22. The van der Waals surface area contributed by atoms with Gasteiger partial charge in [0.1, 0.15) is 6.04 Å². The lowest BCUT2D eigenvalue weighted by Crippen LogP contribution is -2.40. The van der Waals surface area contributed by atoms with Crippen LogP contribution in [0.15, 0.2) is 12.4 Å². The van der Waals surface area contributed by atoms with Gasteiger partial charge in [0.05, 0.1) is 18.3 Å². The van der Waals surface area contributed by atoms with E-state index in [1.165, 1.54) is 4.90 Å². The first-order chi connectivity index (χ1) is 9.06. The summed E-state index contributed by atoms with van der Waals surface area (Å²) in [6.45, 7) is 6.63. The van der Waals surface area contributed by atoms with Crippen LogP contribution in [0, 0.1) is 0 Å². The van der Waals surface area contributed by atoms with Gasteiger partial charge in [-0.3, -0.25) is 19.2 Å². The second-order valence-corrected chi connectivity index (χ2v) is 4.84. The van der Waals surface area contributed by atoms with Gasteiger partial charge in [0, 0.05) is 18.8 Å². The number of nitrogens with zero attached hydrogens (tertiary/aromatic N) is 3. The average Bonchev–Trinajstić information content (AvgIpc) is 2.95. The van der Waals surface area contributed by atoms with E-state index in [4.69, 9.17) is 0 Å². The fourth-order valence-corrected chi connectivity index (χ4v) is 2.22. The smallest absolute Gasteiger partial charge is 0.252 e. The van der Waals surface area contributed by atoms with E-state index < -0.39 is 6.04 Å². The molecule has 1 saturated heterocycles. The molecule has 104 valence electrons. The molecule has 1 aliphatic heterocycles. The lowest BCUT2D eigenvalue weighted by atomic mass is 10.2. The normalized spacial score (nSPS) is 21.0. The quantitative estimate of drug-likeness (QED) is 0.813. The molecule has 1 aromatic heterocycles. The van der Waals surface area contributed by atoms with Gasteiger partial charge >= 0.3 is 0 Å². The number of imide groups is 1. The largest absolute Gasteiger partial charge is 0.371 e. The first-order valence-corrected chi connectivity index (χ1v) is 6.71. The highest BCUT2D eigenvalue weighted by molar-refractivity contribution is 6.07. The third kappa shape index (κ3) is 2.62. The Balaban J connectivity index is 2.06. The van der Waals surface area contributed by atoms with Crippen LogP contribution < -0.4 is 5.32 Å². The highest BCUT2D eigenvalue weighted by atomic mass is 16.2. The van der Waals surface area contributed by atoms with Gasteiger partial charge in [-0.15, -0.1) is 0 Å². The van der Waals surface area contributed by atoms with Gasteiger partial charge in [-0.2, -0.15) is 5.10 Å². The van der Waals surface area contributed by atoms with Crippen molar-refractivity contribution in [3.63, 3.8) is 0 Å². The van der Waals surface area contributed by atoms with E-state index in [0.29, 0.717) is 0 Å². The lowest BCUT2D eigenvalue weighted by molar-refractivity contribution is -0.140. The van der Waals surface area contributed by atoms with E-state index in [9.17, 15) is 9.59 Å². The molecule has 0 aliphatic carbocycles. The van der Waals surface area contributed by atoms with Gasteiger partial charge in [0.25, 0.3) is 5.91 Å². The molecule has 2 heterocycles. The summed E-state index contributed by atoms with van der Waals surface area (Å²) >= 11 is 0. The fraction of sp³-hybridized carbons (Fsp3) is 0.615. The zero-order chi connectivity index (χ0) is 14.0. The summed E-state index contributed by atoms with van der Waals surface area (Å²) in [5, 5.41) is 7.22. The molecule has 0 saturated carbocycles. The van der Waals surface area contributed by atoms with Gasteiger partial charge in [-0.25, -0.2) is 0 Å². The van der Waals surface area contributed by atoms with Gasteiger partial charge in [-0.05, 0) is 20.3 Å². The number of likely N-dealkylation sites (tertiary alicyclic amines) is 1. The standard InChI is InChI=1S/C13H20N4O2/c1-4-9(3)17-12(18)6-11(13(17)19)15-10-7-14-16(5-2)8-10/h7-9,11,15H,4-6H2,1-3H3. The summed E-state index contributed by atoms with van der Waals surface area (Å²) in [4.78, 5) is 25.5. The Kier molecular flexibility index (Phi) is 3.87. The lowest BCUT2D eigenvalue weighted by Gasteiger charge is -2.21. The molecular formula is C13H20N4O2. The monoisotopic (exact) mass is 264 g/mol. The third-order valence-electron chi connectivity index (χ3n) is 3.51. The number of hydrogen-bond donors (Lipinski definition) is 1. The maximum absolute atomic E-state index is 12.2. The van der Waals surface area contributed by atoms with Crippen LogP contribution in [-0.4, -0.2) is 38.6 Å². The van der Waals surface area contributed by atoms with Crippen molar-refractivity contribution < 1.29 is 9.59 Å². The van der Waals surface area contributed by atoms with E-state index in [1.807, 2.05) is 27.0 Å². The van der Waals surface area contributed by atoms with Crippen LogP contribution >= 0.6 is 0 Å². The highest BCUT2D eigenvalue weighted by Crippen LogP contribution is 2.21. The van der Waals surface area contributed by atoms with Crippen LogP contribution in [0.5, 0.6) is 0 Å². The Bertz CT molecular complexity index is 483. The number of amides is 2. The van der Waals surface area contributed by atoms with E-state index in [2.05, 4.69) is 10.4 Å². The zero-order valence-corrected chi connectivity index (χ0v) is 11.6. The van der Waals surface area contributed by atoms with Crippen LogP contribution in [0.1, 0.15) is 33.6 Å². The summed E-state index contributed by atoms with van der Waals surface area (Å²) in [6.07, 6.45) is 4.51. The van der Waals surface area contributed by atoms with E-state index in [1.54, 1.807) is 10.9 Å². The number of carbonyl (C=O) groups excluding carboxylic acids is 2. The molecule has 6 heteroatoms. The molecule has 0 radical (unpaired) electrons. The van der Waals surface area contributed by atoms with E-state index in [-0.39, 0.29) is 24.3 Å². The predicted octanol–water partition coefficient (Wildman–Crippen LogP) is 1.24. The van der Waals surface area contributed by atoms with Crippen LogP contribution in [0.4, 0.5) is 5.69 Å². The molecule has 1 N–H and O–H groups in total. The number of rotatable bonds is 5. The summed E-state index contributed by atoms with van der Waals surface area (Å²) in [5.41, 5.74) is 0.777. The molecule has 1 fully saturated rings. The minimum Gasteiger partial charge on any atom is -0.371 e. The predicted molar refractivity (Wildman–Crippen MR) is 71.5 cm³/mol. The Morgan fingerprint density at radius 1 is 1.47 bits per heavy atom. The van der Waals surface area contributed by atoms with Gasteiger partial charge < -0.3 is 5.32 Å². The van der Waals surface area contributed by atoms with Crippen LogP contribution in [0.3, 0.4) is 0 Å². The maximum atomic E-state index is 12.2. The van der Waals surface area contributed by atoms with Gasteiger partial charge in [-0.1, -0.05) is 6.92 Å². The van der Waals surface area contributed by atoms with Crippen molar-refractivity contribution in [2.45, 2.75) is 52.2 Å². The number of aromatic nitrogens is 2. The Labute approximate surface area is 112 Å². The number of aryl methyl sites for hydroxylation is 1. The van der Waals surface area contributed by atoms with E-state index in [0.717, 1.165) is 18.7 Å². The molecule has 2 rings (SSSR count). The minimum absolute atomic E-state index is 0.0369. The average molecular weight is 264 g/mol. The zero-order valence-electron chi connectivity index (χ0n) is 11.6. The van der Waals surface area contributed by atoms with Crippen molar-refractivity contribution in [2.75, 3.05) is 5.32 Å². The number of carbonyl (C=O) groups is 2. The summed E-state index contributed by atoms with van der Waals surface area (Å²) in [6, 6.07) is -0.499. The van der Waals surface area contributed by atoms with Crippen LogP contribution in [0.25, 0.3) is 0 Å². The maximum Gasteiger partial charge on any atom is 0.252 e. The molecule has 0 bridgehead atoms. The van der Waals surface area contributed by atoms with Crippen molar-refractivity contribution in [2.24, 2.45) is 0 Å². The Morgan fingerprint density at radius 2 is 2.21 bits per heavy atom. The van der Waals surface area contributed by atoms with Crippen LogP contribution in [0.2, 0.25) is 0 Å². The third-order valence-corrected chi connectivity index (χ3v) is 3.51. The van der Waals surface area contributed by atoms with Crippen molar-refractivity contribution in [3.05, 3.63) is 12.4 Å². The molecule has 1 aromatic rings. The topological polar surface area (TPSA) is 67.2 Å². The van der Waals surface area contributed by atoms with Crippen molar-refractivity contribution >= 4 is 17.5 Å². The van der Waals surface area contributed by atoms with Crippen molar-refractivity contribution in [1.82, 2.24) is 14.7 Å². The summed E-state index contributed by atoms with van der Waals surface area (Å²) in [7, 11) is 0. The minimum atomic E-state index is -0.462. The molecular weight excluding hydrogens is 244 g/mol. The first kappa shape index (κ1) is 13.6. The van der Waals surface area contributed by atoms with Crippen molar-refractivity contribution in [3.8, 4) is 0 Å². The SMILES string of the molecule is CCC(C)N1C(=O)CC(Nc2cnn(CC)c2)C1=O. The molecule has 1 aliphatic rings. The number of hydrogen-bond acceptors (Lipinski definition) is 4. The Morgan fingerprint density at radius 3 is 2.79 bits per heavy atom. The molecule has 19 heavy (non-hydrogen) atoms. The first-order valence-electron chi connectivity index (χ1n) is 6.71. The van der Waals surface area contributed by atoms with Crippen molar-refractivity contribution in [1.29, 1.82) is 0 Å². The van der Waals surface area contributed by atoms with Gasteiger partial charge in [0.2, 0.25) is 5.91 Å². The number of nitrogens with one attached hydrogen (secondary N) is 1. The molecule has 2 atom stereocenters. The highest BCUT2D eigenvalue weighted by Gasteiger charge is 2.40. The molecule has 2 unspecified atom stereocenters. The van der Waals surface area contributed by atoms with Crippen LogP contribution in [-0.2, 0) is 16.1 Å².